The van der Waals surface area contributed by atoms with E-state index in [1.165, 1.54) is 0 Å². The molecule has 2 heterocycles. The van der Waals surface area contributed by atoms with Crippen LogP contribution in [0.5, 0.6) is 0 Å². The van der Waals surface area contributed by atoms with Gasteiger partial charge in [0.1, 0.15) is 0 Å². The number of carbonyl (C=O) groups excluding carboxylic acids is 2. The fraction of sp³-hybridized carbons (Fsp3) is 0.375. The molecule has 0 aromatic heterocycles. The van der Waals surface area contributed by atoms with E-state index < -0.39 is 11.8 Å². The predicted molar refractivity (Wildman–Crippen MR) is 85.2 cm³/mol. The maximum Gasteiger partial charge on any atom is 0.250 e. The topological polar surface area (TPSA) is 92.7 Å². The molecule has 0 radical (unpaired) electrons. The number of nitrogens with zero attached hydrogens (tertiary/aromatic N) is 2. The Morgan fingerprint density at radius 3 is 1.54 bits per heavy atom. The highest BCUT2D eigenvalue weighted by Crippen LogP contribution is 2.10. The number of halogens is 2. The molecule has 2 amide bonds. The molecule has 8 heteroatoms. The van der Waals surface area contributed by atoms with Crippen molar-refractivity contribution >= 4 is 11.8 Å². The third-order valence-corrected chi connectivity index (χ3v) is 3.63. The third-order valence-electron chi connectivity index (χ3n) is 3.63. The van der Waals surface area contributed by atoms with E-state index in [1.54, 1.807) is 12.2 Å². The first kappa shape index (κ1) is 22.5. The summed E-state index contributed by atoms with van der Waals surface area (Å²) in [7, 11) is 0. The maximum absolute atomic E-state index is 11.1. The number of carbonyl (C=O) groups is 2. The minimum atomic E-state index is -0.398. The van der Waals surface area contributed by atoms with Crippen molar-refractivity contribution < 1.29 is 43.6 Å². The standard InChI is InChI=1S/C16H22N4O2.2BrH/c17-15(21)13-5-3-9-19(11-13)7-1-2-8-20-10-4-6-14(12-20)16(18)22;;/h3-6,11-12H,1-2,7-10H2,(H2,17,21)(H2,18,22);2*1H/p-2. The van der Waals surface area contributed by atoms with Crippen LogP contribution >= 0.6 is 0 Å². The molecule has 6 nitrogen and oxygen atoms in total. The number of amides is 2. The van der Waals surface area contributed by atoms with Crippen LogP contribution in [0.15, 0.2) is 47.9 Å². The lowest BCUT2D eigenvalue weighted by Gasteiger charge is -2.24. The molecule has 0 saturated heterocycles. The van der Waals surface area contributed by atoms with Crippen LogP contribution in [-0.2, 0) is 9.59 Å². The quantitative estimate of drug-likeness (QED) is 0.369. The normalized spacial score (nSPS) is 15.8. The first-order valence-electron chi connectivity index (χ1n) is 7.40. The zero-order valence-electron chi connectivity index (χ0n) is 13.3. The molecule has 0 unspecified atom stereocenters. The van der Waals surface area contributed by atoms with E-state index >= 15 is 0 Å². The molecule has 0 spiro atoms. The van der Waals surface area contributed by atoms with Crippen LogP contribution in [0.25, 0.3) is 0 Å². The number of nitrogens with two attached hydrogens (primary N) is 2. The SMILES string of the molecule is NC(=O)C1=CN(CCCCN2C=C(C(N)=O)C=CC2)CC=C1.[Br-].[Br-]. The second-order valence-electron chi connectivity index (χ2n) is 5.40. The Morgan fingerprint density at radius 2 is 1.21 bits per heavy atom. The molecule has 24 heavy (non-hydrogen) atoms. The number of hydrogen-bond acceptors (Lipinski definition) is 4. The van der Waals surface area contributed by atoms with E-state index in [0.29, 0.717) is 11.1 Å². The number of hydrogen-bond donors (Lipinski definition) is 2. The van der Waals surface area contributed by atoms with Crippen LogP contribution in [0, 0.1) is 0 Å². The van der Waals surface area contributed by atoms with Crippen molar-refractivity contribution in [1.29, 1.82) is 0 Å². The van der Waals surface area contributed by atoms with E-state index in [9.17, 15) is 9.59 Å². The molecule has 0 atom stereocenters. The molecule has 2 aliphatic heterocycles. The maximum atomic E-state index is 11.1. The van der Waals surface area contributed by atoms with Crippen molar-refractivity contribution in [3.05, 3.63) is 47.9 Å². The van der Waals surface area contributed by atoms with Crippen molar-refractivity contribution in [2.45, 2.75) is 12.8 Å². The first-order valence-corrected chi connectivity index (χ1v) is 7.40. The summed E-state index contributed by atoms with van der Waals surface area (Å²) in [6.07, 6.45) is 13.0. The van der Waals surface area contributed by atoms with Crippen LogP contribution in [0.3, 0.4) is 0 Å². The largest absolute Gasteiger partial charge is 1.00 e. The predicted octanol–water partition coefficient (Wildman–Crippen LogP) is -5.74. The minimum absolute atomic E-state index is 0. The van der Waals surface area contributed by atoms with Gasteiger partial charge in [-0.05, 0) is 12.8 Å². The van der Waals surface area contributed by atoms with Crippen molar-refractivity contribution in [1.82, 2.24) is 9.80 Å². The van der Waals surface area contributed by atoms with Crippen molar-refractivity contribution in [2.75, 3.05) is 26.2 Å². The highest BCUT2D eigenvalue weighted by atomic mass is 79.9. The lowest BCUT2D eigenvalue weighted by molar-refractivity contribution is -0.115. The van der Waals surface area contributed by atoms with Gasteiger partial charge in [-0.3, -0.25) is 9.59 Å². The van der Waals surface area contributed by atoms with Crippen LogP contribution in [0.1, 0.15) is 12.8 Å². The second kappa shape index (κ2) is 11.1. The van der Waals surface area contributed by atoms with E-state index in [0.717, 1.165) is 39.0 Å². The summed E-state index contributed by atoms with van der Waals surface area (Å²) >= 11 is 0. The summed E-state index contributed by atoms with van der Waals surface area (Å²) in [5.41, 5.74) is 11.6. The van der Waals surface area contributed by atoms with Crippen LogP contribution < -0.4 is 45.4 Å². The zero-order chi connectivity index (χ0) is 15.9. The summed E-state index contributed by atoms with van der Waals surface area (Å²) in [6, 6.07) is 0. The molecule has 0 aromatic rings. The molecule has 0 aliphatic carbocycles. The first-order chi connectivity index (χ1) is 10.6. The molecule has 134 valence electrons. The van der Waals surface area contributed by atoms with E-state index in [1.807, 2.05) is 24.6 Å². The summed E-state index contributed by atoms with van der Waals surface area (Å²) in [5, 5.41) is 0. The highest BCUT2D eigenvalue weighted by molar-refractivity contribution is 5.95. The average molecular weight is 462 g/mol. The van der Waals surface area contributed by atoms with Crippen LogP contribution in [0.4, 0.5) is 0 Å². The van der Waals surface area contributed by atoms with Gasteiger partial charge >= 0.3 is 0 Å². The second-order valence-corrected chi connectivity index (χ2v) is 5.40. The Hall–Kier alpha value is -1.54. The number of rotatable bonds is 7. The average Bonchev–Trinajstić information content (AvgIpc) is 2.52. The fourth-order valence-electron chi connectivity index (χ4n) is 2.45. The van der Waals surface area contributed by atoms with Crippen molar-refractivity contribution in [2.24, 2.45) is 11.5 Å². The Kier molecular flexibility index (Phi) is 10.4. The van der Waals surface area contributed by atoms with Gasteiger partial charge in [0.2, 0.25) is 11.8 Å². The molecule has 0 aromatic carbocycles. The van der Waals surface area contributed by atoms with Gasteiger partial charge in [0, 0.05) is 38.6 Å². The van der Waals surface area contributed by atoms with Crippen molar-refractivity contribution in [3.63, 3.8) is 0 Å². The summed E-state index contributed by atoms with van der Waals surface area (Å²) < 4.78 is 0. The highest BCUT2D eigenvalue weighted by Gasteiger charge is 2.11. The Bertz CT molecular complexity index is 520. The molecule has 0 saturated carbocycles. The van der Waals surface area contributed by atoms with Gasteiger partial charge in [-0.15, -0.1) is 0 Å². The smallest absolute Gasteiger partial charge is 0.250 e. The molecular weight excluding hydrogens is 440 g/mol. The molecule has 0 fully saturated rings. The summed E-state index contributed by atoms with van der Waals surface area (Å²) in [6.45, 7) is 3.35. The molecule has 0 bridgehead atoms. The van der Waals surface area contributed by atoms with Gasteiger partial charge in [-0.25, -0.2) is 0 Å². The fourth-order valence-corrected chi connectivity index (χ4v) is 2.45. The lowest BCUT2D eigenvalue weighted by Crippen LogP contribution is -3.00. The van der Waals surface area contributed by atoms with E-state index in [2.05, 4.69) is 9.80 Å². The zero-order valence-corrected chi connectivity index (χ0v) is 16.5. The molecule has 4 N–H and O–H groups in total. The van der Waals surface area contributed by atoms with Gasteiger partial charge in [-0.2, -0.15) is 0 Å². The van der Waals surface area contributed by atoms with Crippen LogP contribution in [-0.4, -0.2) is 47.8 Å². The Labute approximate surface area is 163 Å². The summed E-state index contributed by atoms with van der Waals surface area (Å²) in [4.78, 5) is 26.5. The molecule has 2 aliphatic rings. The lowest BCUT2D eigenvalue weighted by atomic mass is 10.1. The van der Waals surface area contributed by atoms with Crippen LogP contribution in [0.2, 0.25) is 0 Å². The van der Waals surface area contributed by atoms with E-state index in [-0.39, 0.29) is 34.0 Å². The van der Waals surface area contributed by atoms with Gasteiger partial charge in [-0.1, -0.05) is 24.3 Å². The van der Waals surface area contributed by atoms with Gasteiger partial charge in [0.15, 0.2) is 0 Å². The Morgan fingerprint density at radius 1 is 0.833 bits per heavy atom. The Balaban J connectivity index is 0.00000264. The monoisotopic (exact) mass is 460 g/mol. The molecule has 2 rings (SSSR count). The minimum Gasteiger partial charge on any atom is -1.00 e. The van der Waals surface area contributed by atoms with Gasteiger partial charge in [0.25, 0.3) is 0 Å². The summed E-state index contributed by atoms with van der Waals surface area (Å²) in [5.74, 6) is -0.796. The van der Waals surface area contributed by atoms with Gasteiger partial charge < -0.3 is 55.2 Å². The number of unbranched alkanes of at least 4 members (excludes halogenated alkanes) is 1. The van der Waals surface area contributed by atoms with Crippen molar-refractivity contribution in [3.8, 4) is 0 Å². The van der Waals surface area contributed by atoms with E-state index in [4.69, 9.17) is 11.5 Å². The number of primary amides is 2. The van der Waals surface area contributed by atoms with Gasteiger partial charge in [0.05, 0.1) is 11.1 Å². The third kappa shape index (κ3) is 6.92. The molecular formula is C16H22Br2N4O2-2.